The van der Waals surface area contributed by atoms with Crippen molar-refractivity contribution in [2.75, 3.05) is 5.32 Å². The fourth-order valence-corrected chi connectivity index (χ4v) is 2.46. The van der Waals surface area contributed by atoms with Gasteiger partial charge in [0.25, 0.3) is 0 Å². The van der Waals surface area contributed by atoms with E-state index in [-0.39, 0.29) is 11.3 Å². The summed E-state index contributed by atoms with van der Waals surface area (Å²) in [7, 11) is 0. The molecule has 5 heteroatoms. The van der Waals surface area contributed by atoms with E-state index in [4.69, 9.17) is 5.11 Å². The minimum absolute atomic E-state index is 0.0436. The molecule has 1 amide bonds. The van der Waals surface area contributed by atoms with Crippen molar-refractivity contribution in [1.82, 2.24) is 0 Å². The second-order valence-electron chi connectivity index (χ2n) is 5.42. The third-order valence-electron chi connectivity index (χ3n) is 3.67. The van der Waals surface area contributed by atoms with E-state index in [1.165, 1.54) is 12.1 Å². The SMILES string of the molecule is O=C(/C=C/c1ccc2ccccc2c1)Nc1ccc(F)cc1C(=O)O. The summed E-state index contributed by atoms with van der Waals surface area (Å²) in [6, 6.07) is 16.8. The van der Waals surface area contributed by atoms with E-state index >= 15 is 0 Å². The van der Waals surface area contributed by atoms with E-state index in [0.29, 0.717) is 0 Å². The molecular formula is C20H14FNO3. The standard InChI is InChI=1S/C20H14FNO3/c21-16-8-9-18(17(12-16)20(24)25)22-19(23)10-6-13-5-7-14-3-1-2-4-15(14)11-13/h1-12H,(H,22,23)(H,24,25)/b10-6+. The number of aromatic carboxylic acids is 1. The van der Waals surface area contributed by atoms with Crippen LogP contribution in [0, 0.1) is 5.82 Å². The summed E-state index contributed by atoms with van der Waals surface area (Å²) < 4.78 is 13.2. The quantitative estimate of drug-likeness (QED) is 0.698. The highest BCUT2D eigenvalue weighted by Crippen LogP contribution is 2.18. The monoisotopic (exact) mass is 335 g/mol. The third-order valence-corrected chi connectivity index (χ3v) is 3.67. The molecule has 0 aliphatic carbocycles. The topological polar surface area (TPSA) is 66.4 Å². The molecular weight excluding hydrogens is 321 g/mol. The number of benzene rings is 3. The van der Waals surface area contributed by atoms with Crippen molar-refractivity contribution in [3.63, 3.8) is 0 Å². The number of carboxylic acid groups (broad SMARTS) is 1. The summed E-state index contributed by atoms with van der Waals surface area (Å²) >= 11 is 0. The molecule has 0 spiro atoms. The Kier molecular flexibility index (Phi) is 4.57. The van der Waals surface area contributed by atoms with Gasteiger partial charge in [-0.1, -0.05) is 36.4 Å². The second kappa shape index (κ2) is 6.97. The molecule has 0 aromatic heterocycles. The summed E-state index contributed by atoms with van der Waals surface area (Å²) in [6.07, 6.45) is 2.94. The van der Waals surface area contributed by atoms with Gasteiger partial charge < -0.3 is 10.4 Å². The average Bonchev–Trinajstić information content (AvgIpc) is 2.61. The summed E-state index contributed by atoms with van der Waals surface area (Å²) in [5.41, 5.74) is 0.584. The largest absolute Gasteiger partial charge is 0.478 e. The van der Waals surface area contributed by atoms with Crippen molar-refractivity contribution in [2.24, 2.45) is 0 Å². The van der Waals surface area contributed by atoms with E-state index in [9.17, 15) is 14.0 Å². The molecule has 4 nitrogen and oxygen atoms in total. The maximum atomic E-state index is 13.2. The Labute approximate surface area is 143 Å². The zero-order chi connectivity index (χ0) is 17.8. The Balaban J connectivity index is 1.77. The van der Waals surface area contributed by atoms with Gasteiger partial charge in [-0.2, -0.15) is 0 Å². The molecule has 0 atom stereocenters. The van der Waals surface area contributed by atoms with Crippen molar-refractivity contribution < 1.29 is 19.1 Å². The smallest absolute Gasteiger partial charge is 0.337 e. The van der Waals surface area contributed by atoms with Gasteiger partial charge in [0.05, 0.1) is 11.3 Å². The molecule has 0 saturated carbocycles. The fraction of sp³-hybridized carbons (Fsp3) is 0. The number of halogens is 1. The molecule has 0 unspecified atom stereocenters. The average molecular weight is 335 g/mol. The first kappa shape index (κ1) is 16.4. The molecule has 3 rings (SSSR count). The predicted molar refractivity (Wildman–Crippen MR) is 95.0 cm³/mol. The molecule has 0 heterocycles. The number of nitrogens with one attached hydrogen (secondary N) is 1. The molecule has 124 valence electrons. The first-order chi connectivity index (χ1) is 12.0. The number of anilines is 1. The van der Waals surface area contributed by atoms with Crippen molar-refractivity contribution >= 4 is 34.4 Å². The van der Waals surface area contributed by atoms with Crippen LogP contribution in [0.2, 0.25) is 0 Å². The summed E-state index contributed by atoms with van der Waals surface area (Å²) in [5.74, 6) is -2.49. The zero-order valence-electron chi connectivity index (χ0n) is 13.1. The van der Waals surface area contributed by atoms with E-state index in [1.54, 1.807) is 6.08 Å². The lowest BCUT2D eigenvalue weighted by Crippen LogP contribution is -2.12. The summed E-state index contributed by atoms with van der Waals surface area (Å²) in [4.78, 5) is 23.1. The Hall–Kier alpha value is -3.47. The molecule has 0 radical (unpaired) electrons. The number of hydrogen-bond acceptors (Lipinski definition) is 2. The maximum absolute atomic E-state index is 13.2. The number of carbonyl (C=O) groups is 2. The van der Waals surface area contributed by atoms with Gasteiger partial charge in [-0.25, -0.2) is 9.18 Å². The van der Waals surface area contributed by atoms with Gasteiger partial charge in [0.1, 0.15) is 5.82 Å². The number of amides is 1. The van der Waals surface area contributed by atoms with Gasteiger partial charge in [0, 0.05) is 6.08 Å². The van der Waals surface area contributed by atoms with E-state index in [0.717, 1.165) is 28.5 Å². The lowest BCUT2D eigenvalue weighted by atomic mass is 10.1. The predicted octanol–water partition coefficient (Wildman–Crippen LogP) is 4.33. The minimum atomic E-state index is -1.31. The zero-order valence-corrected chi connectivity index (χ0v) is 13.1. The van der Waals surface area contributed by atoms with Crippen molar-refractivity contribution in [1.29, 1.82) is 0 Å². The van der Waals surface area contributed by atoms with Crippen LogP contribution in [-0.2, 0) is 4.79 Å². The van der Waals surface area contributed by atoms with Crippen LogP contribution in [0.1, 0.15) is 15.9 Å². The van der Waals surface area contributed by atoms with Crippen molar-refractivity contribution in [3.05, 3.63) is 83.7 Å². The van der Waals surface area contributed by atoms with Crippen molar-refractivity contribution in [3.8, 4) is 0 Å². The summed E-state index contributed by atoms with van der Waals surface area (Å²) in [5, 5.41) is 13.7. The first-order valence-corrected chi connectivity index (χ1v) is 7.53. The minimum Gasteiger partial charge on any atom is -0.478 e. The highest BCUT2D eigenvalue weighted by atomic mass is 19.1. The van der Waals surface area contributed by atoms with Crippen LogP contribution < -0.4 is 5.32 Å². The number of carboxylic acids is 1. The normalized spacial score (nSPS) is 10.9. The summed E-state index contributed by atoms with van der Waals surface area (Å²) in [6.45, 7) is 0. The lowest BCUT2D eigenvalue weighted by Gasteiger charge is -2.06. The fourth-order valence-electron chi connectivity index (χ4n) is 2.46. The van der Waals surface area contributed by atoms with E-state index < -0.39 is 17.7 Å². The second-order valence-corrected chi connectivity index (χ2v) is 5.42. The first-order valence-electron chi connectivity index (χ1n) is 7.53. The maximum Gasteiger partial charge on any atom is 0.337 e. The highest BCUT2D eigenvalue weighted by molar-refractivity contribution is 6.06. The Morgan fingerprint density at radius 1 is 0.960 bits per heavy atom. The van der Waals surface area contributed by atoms with Gasteiger partial charge in [0.2, 0.25) is 5.91 Å². The van der Waals surface area contributed by atoms with Gasteiger partial charge in [-0.05, 0) is 46.7 Å². The lowest BCUT2D eigenvalue weighted by molar-refractivity contribution is -0.111. The Morgan fingerprint density at radius 2 is 1.72 bits per heavy atom. The molecule has 0 bridgehead atoms. The van der Waals surface area contributed by atoms with Crippen LogP contribution in [0.4, 0.5) is 10.1 Å². The van der Waals surface area contributed by atoms with Crippen LogP contribution >= 0.6 is 0 Å². The van der Waals surface area contributed by atoms with Crippen LogP contribution in [0.15, 0.2) is 66.7 Å². The van der Waals surface area contributed by atoms with Crippen LogP contribution in [0.5, 0.6) is 0 Å². The molecule has 0 aliphatic heterocycles. The van der Waals surface area contributed by atoms with Gasteiger partial charge in [0.15, 0.2) is 0 Å². The van der Waals surface area contributed by atoms with E-state index in [2.05, 4.69) is 5.32 Å². The Bertz CT molecular complexity index is 995. The number of fused-ring (bicyclic) bond motifs is 1. The van der Waals surface area contributed by atoms with Crippen molar-refractivity contribution in [2.45, 2.75) is 0 Å². The van der Waals surface area contributed by atoms with Crippen LogP contribution in [-0.4, -0.2) is 17.0 Å². The third kappa shape index (κ3) is 3.90. The number of carbonyl (C=O) groups excluding carboxylic acids is 1. The molecule has 3 aromatic rings. The highest BCUT2D eigenvalue weighted by Gasteiger charge is 2.12. The Morgan fingerprint density at radius 3 is 2.48 bits per heavy atom. The number of hydrogen-bond donors (Lipinski definition) is 2. The van der Waals surface area contributed by atoms with Crippen LogP contribution in [0.3, 0.4) is 0 Å². The molecule has 0 aliphatic rings. The van der Waals surface area contributed by atoms with Crippen LogP contribution in [0.25, 0.3) is 16.8 Å². The molecule has 0 saturated heterocycles. The number of rotatable bonds is 4. The molecule has 0 fully saturated rings. The van der Waals surface area contributed by atoms with Gasteiger partial charge in [-0.3, -0.25) is 4.79 Å². The van der Waals surface area contributed by atoms with Gasteiger partial charge in [-0.15, -0.1) is 0 Å². The molecule has 3 aromatic carbocycles. The molecule has 25 heavy (non-hydrogen) atoms. The van der Waals surface area contributed by atoms with Gasteiger partial charge >= 0.3 is 5.97 Å². The molecule has 2 N–H and O–H groups in total. The van der Waals surface area contributed by atoms with E-state index in [1.807, 2.05) is 42.5 Å².